The van der Waals surface area contributed by atoms with Crippen molar-refractivity contribution < 1.29 is 22.6 Å². The monoisotopic (exact) mass is 291 g/mol. The zero-order chi connectivity index (χ0) is 15.0. The molecule has 1 rings (SSSR count). The topological polar surface area (TPSA) is 44.5 Å². The average Bonchev–Trinajstić information content (AvgIpc) is 2.38. The molecule has 114 valence electrons. The van der Waals surface area contributed by atoms with E-state index < -0.39 is 11.7 Å². The van der Waals surface area contributed by atoms with Gasteiger partial charge in [0.15, 0.2) is 0 Å². The lowest BCUT2D eigenvalue weighted by molar-refractivity contribution is -0.138. The number of hydrogen-bond donors (Lipinski definition) is 1. The molecule has 2 N–H and O–H groups in total. The van der Waals surface area contributed by atoms with E-state index in [-0.39, 0.29) is 24.5 Å². The van der Waals surface area contributed by atoms with Gasteiger partial charge in [-0.1, -0.05) is 19.4 Å². The van der Waals surface area contributed by atoms with Gasteiger partial charge in [0.2, 0.25) is 0 Å². The molecule has 0 bridgehead atoms. The van der Waals surface area contributed by atoms with Crippen molar-refractivity contribution in [2.75, 3.05) is 25.6 Å². The Morgan fingerprint density at radius 3 is 2.45 bits per heavy atom. The number of halogens is 3. The van der Waals surface area contributed by atoms with E-state index in [4.69, 9.17) is 15.2 Å². The van der Waals surface area contributed by atoms with Crippen molar-refractivity contribution in [2.24, 2.45) is 0 Å². The number of alkyl halides is 3. The van der Waals surface area contributed by atoms with Gasteiger partial charge in [0, 0.05) is 12.3 Å². The summed E-state index contributed by atoms with van der Waals surface area (Å²) in [5.74, 6) is 0. The second-order valence-corrected chi connectivity index (χ2v) is 4.43. The van der Waals surface area contributed by atoms with Gasteiger partial charge in [-0.05, 0) is 24.1 Å². The highest BCUT2D eigenvalue weighted by atomic mass is 19.4. The summed E-state index contributed by atoms with van der Waals surface area (Å²) in [5.41, 5.74) is 4.81. The average molecular weight is 291 g/mol. The van der Waals surface area contributed by atoms with E-state index in [2.05, 4.69) is 6.92 Å². The molecule has 0 saturated heterocycles. The van der Waals surface area contributed by atoms with E-state index in [9.17, 15) is 13.2 Å². The van der Waals surface area contributed by atoms with Crippen LogP contribution < -0.4 is 5.73 Å². The molecule has 0 aliphatic heterocycles. The fourth-order valence-electron chi connectivity index (χ4n) is 1.63. The first-order valence-corrected chi connectivity index (χ1v) is 6.56. The molecule has 0 saturated carbocycles. The minimum atomic E-state index is -4.42. The number of ether oxygens (including phenoxy) is 2. The van der Waals surface area contributed by atoms with Crippen molar-refractivity contribution in [1.29, 1.82) is 0 Å². The van der Waals surface area contributed by atoms with Crippen LogP contribution in [0.4, 0.5) is 18.9 Å². The van der Waals surface area contributed by atoms with Gasteiger partial charge in [0.1, 0.15) is 0 Å². The molecule has 0 heterocycles. The highest BCUT2D eigenvalue weighted by Gasteiger charge is 2.33. The number of hydrogen-bond acceptors (Lipinski definition) is 3. The third kappa shape index (κ3) is 5.79. The van der Waals surface area contributed by atoms with E-state index >= 15 is 0 Å². The second-order valence-electron chi connectivity index (χ2n) is 4.43. The number of benzene rings is 1. The van der Waals surface area contributed by atoms with Crippen LogP contribution in [0.1, 0.15) is 30.9 Å². The summed E-state index contributed by atoms with van der Waals surface area (Å²) >= 11 is 0. The largest absolute Gasteiger partial charge is 0.416 e. The predicted molar refractivity (Wildman–Crippen MR) is 71.2 cm³/mol. The Morgan fingerprint density at radius 1 is 1.10 bits per heavy atom. The van der Waals surface area contributed by atoms with Gasteiger partial charge in [-0.2, -0.15) is 13.2 Å². The van der Waals surface area contributed by atoms with Crippen LogP contribution >= 0.6 is 0 Å². The molecule has 0 amide bonds. The van der Waals surface area contributed by atoms with Crippen LogP contribution in [0.3, 0.4) is 0 Å². The number of nitrogens with two attached hydrogens (primary N) is 1. The molecule has 0 spiro atoms. The number of nitrogen functional groups attached to an aromatic ring is 1. The van der Waals surface area contributed by atoms with Gasteiger partial charge < -0.3 is 15.2 Å². The van der Waals surface area contributed by atoms with Crippen molar-refractivity contribution in [3.63, 3.8) is 0 Å². The maximum atomic E-state index is 12.8. The Hall–Kier alpha value is -1.27. The molecule has 0 radical (unpaired) electrons. The zero-order valence-electron chi connectivity index (χ0n) is 11.5. The highest BCUT2D eigenvalue weighted by Crippen LogP contribution is 2.33. The van der Waals surface area contributed by atoms with Gasteiger partial charge >= 0.3 is 6.18 Å². The van der Waals surface area contributed by atoms with Crippen molar-refractivity contribution >= 4 is 5.69 Å². The molecule has 1 aromatic carbocycles. The zero-order valence-corrected chi connectivity index (χ0v) is 11.5. The summed E-state index contributed by atoms with van der Waals surface area (Å²) in [5, 5.41) is 0. The smallest absolute Gasteiger partial charge is 0.399 e. The van der Waals surface area contributed by atoms with Crippen molar-refractivity contribution in [2.45, 2.75) is 32.5 Å². The Bertz CT molecular complexity index is 408. The van der Waals surface area contributed by atoms with Crippen LogP contribution in [-0.4, -0.2) is 19.8 Å². The van der Waals surface area contributed by atoms with Crippen molar-refractivity contribution in [1.82, 2.24) is 0 Å². The summed E-state index contributed by atoms with van der Waals surface area (Å²) in [4.78, 5) is 0. The number of anilines is 1. The molecule has 3 nitrogen and oxygen atoms in total. The van der Waals surface area contributed by atoms with Crippen LogP contribution in [0.25, 0.3) is 0 Å². The summed E-state index contributed by atoms with van der Waals surface area (Å²) in [6.07, 6.45) is -2.41. The van der Waals surface area contributed by atoms with Crippen molar-refractivity contribution in [3.8, 4) is 0 Å². The molecule has 6 heteroatoms. The molecule has 0 unspecified atom stereocenters. The molecule has 0 fully saturated rings. The third-order valence-electron chi connectivity index (χ3n) is 2.71. The maximum Gasteiger partial charge on any atom is 0.416 e. The molecule has 0 aliphatic carbocycles. The highest BCUT2D eigenvalue weighted by molar-refractivity contribution is 5.45. The molecular formula is C14H20F3NO2. The standard InChI is InChI=1S/C14H20F3NO2/c1-2-3-6-19-7-8-20-10-11-4-5-12(18)9-13(11)14(15,16)17/h4-5,9H,2-3,6-8,10,18H2,1H3. The quantitative estimate of drug-likeness (QED) is 0.587. The van der Waals surface area contributed by atoms with E-state index in [1.54, 1.807) is 0 Å². The molecule has 0 aromatic heterocycles. The summed E-state index contributed by atoms with van der Waals surface area (Å²) < 4.78 is 48.9. The lowest BCUT2D eigenvalue weighted by Crippen LogP contribution is -2.12. The Balaban J connectivity index is 2.44. The molecule has 20 heavy (non-hydrogen) atoms. The molecule has 0 atom stereocenters. The summed E-state index contributed by atoms with van der Waals surface area (Å²) in [6, 6.07) is 3.71. The Kier molecular flexibility index (Phi) is 6.81. The van der Waals surface area contributed by atoms with Crippen LogP contribution in [-0.2, 0) is 22.3 Å². The number of unbranched alkanes of at least 4 members (excludes halogenated alkanes) is 1. The van der Waals surface area contributed by atoms with Crippen LogP contribution in [0.15, 0.2) is 18.2 Å². The van der Waals surface area contributed by atoms with Gasteiger partial charge in [0.05, 0.1) is 25.4 Å². The fourth-order valence-corrected chi connectivity index (χ4v) is 1.63. The first-order chi connectivity index (χ1) is 9.45. The van der Waals surface area contributed by atoms with E-state index in [1.165, 1.54) is 12.1 Å². The minimum absolute atomic E-state index is 0.0836. The normalized spacial score (nSPS) is 11.8. The van der Waals surface area contributed by atoms with Crippen molar-refractivity contribution in [3.05, 3.63) is 29.3 Å². The van der Waals surface area contributed by atoms with Crippen LogP contribution in [0, 0.1) is 0 Å². The molecular weight excluding hydrogens is 271 g/mol. The Morgan fingerprint density at radius 2 is 1.80 bits per heavy atom. The number of rotatable bonds is 8. The first kappa shape index (κ1) is 16.8. The third-order valence-corrected chi connectivity index (χ3v) is 2.71. The lowest BCUT2D eigenvalue weighted by Gasteiger charge is -2.14. The van der Waals surface area contributed by atoms with E-state index in [0.717, 1.165) is 18.9 Å². The lowest BCUT2D eigenvalue weighted by atomic mass is 10.1. The summed E-state index contributed by atoms with van der Waals surface area (Å²) in [6.45, 7) is 3.25. The SMILES string of the molecule is CCCCOCCOCc1ccc(N)cc1C(F)(F)F. The maximum absolute atomic E-state index is 12.8. The van der Waals surface area contributed by atoms with Gasteiger partial charge in [-0.15, -0.1) is 0 Å². The van der Waals surface area contributed by atoms with Gasteiger partial charge in [0.25, 0.3) is 0 Å². The predicted octanol–water partition coefficient (Wildman–Crippen LogP) is 3.62. The van der Waals surface area contributed by atoms with Crippen LogP contribution in [0.2, 0.25) is 0 Å². The second kappa shape index (κ2) is 8.11. The van der Waals surface area contributed by atoms with Gasteiger partial charge in [-0.25, -0.2) is 0 Å². The molecule has 0 aliphatic rings. The first-order valence-electron chi connectivity index (χ1n) is 6.56. The summed E-state index contributed by atoms with van der Waals surface area (Å²) in [7, 11) is 0. The van der Waals surface area contributed by atoms with Crippen LogP contribution in [0.5, 0.6) is 0 Å². The molecule has 1 aromatic rings. The Labute approximate surface area is 116 Å². The van der Waals surface area contributed by atoms with E-state index in [0.29, 0.717) is 13.2 Å². The fraction of sp³-hybridized carbons (Fsp3) is 0.571. The minimum Gasteiger partial charge on any atom is -0.399 e. The van der Waals surface area contributed by atoms with Gasteiger partial charge in [-0.3, -0.25) is 0 Å². The van der Waals surface area contributed by atoms with E-state index in [1.807, 2.05) is 0 Å².